The molecule has 0 bridgehead atoms. The molecule has 0 unspecified atom stereocenters. The van der Waals surface area contributed by atoms with Crippen LogP contribution < -0.4 is 4.72 Å². The van der Waals surface area contributed by atoms with E-state index in [2.05, 4.69) is 4.72 Å². The molecule has 2 nitrogen and oxygen atoms in total. The van der Waals surface area contributed by atoms with Crippen molar-refractivity contribution in [3.8, 4) is 0 Å². The van der Waals surface area contributed by atoms with E-state index in [-0.39, 0.29) is 11.2 Å². The lowest BCUT2D eigenvalue weighted by Crippen LogP contribution is -2.22. The van der Waals surface area contributed by atoms with Crippen molar-refractivity contribution in [2.45, 2.75) is 27.2 Å². The Morgan fingerprint density at radius 2 is 2.23 bits per heavy atom. The quantitative estimate of drug-likeness (QED) is 0.690. The first-order valence-corrected chi connectivity index (χ1v) is 5.19. The summed E-state index contributed by atoms with van der Waals surface area (Å²) >= 11 is 1.50. The highest BCUT2D eigenvalue weighted by atomic mass is 32.2. The third-order valence-electron chi connectivity index (χ3n) is 1.82. The van der Waals surface area contributed by atoms with E-state index in [1.807, 2.05) is 38.3 Å². The fraction of sp³-hybridized carbons (Fsp3) is 0.500. The predicted octanol–water partition coefficient (Wildman–Crippen LogP) is 2.64. The van der Waals surface area contributed by atoms with E-state index in [9.17, 15) is 4.79 Å². The van der Waals surface area contributed by atoms with Gasteiger partial charge in [-0.1, -0.05) is 26.8 Å². The van der Waals surface area contributed by atoms with Gasteiger partial charge in [-0.05, 0) is 23.4 Å². The molecule has 0 aromatic heterocycles. The molecule has 1 heterocycles. The second-order valence-corrected chi connectivity index (χ2v) is 4.80. The van der Waals surface area contributed by atoms with Crippen LogP contribution in [0.1, 0.15) is 27.2 Å². The van der Waals surface area contributed by atoms with Gasteiger partial charge in [-0.25, -0.2) is 0 Å². The topological polar surface area (TPSA) is 29.1 Å². The Bertz CT molecular complexity index is 261. The number of Topliss-reactive ketones (excluding diaryl/α,β-unsaturated/α-hetero) is 1. The SMILES string of the molecule is CC(C)(C)C(=O)CC1=CC=CSN1. The normalized spacial score (nSPS) is 16.4. The molecule has 1 rings (SSSR count). The van der Waals surface area contributed by atoms with Crippen LogP contribution in [0.25, 0.3) is 0 Å². The standard InChI is InChI=1S/C10H15NOS/c1-10(2,3)9(12)7-8-5-4-6-13-11-8/h4-6,11H,7H2,1-3H3. The second kappa shape index (κ2) is 4.01. The zero-order valence-electron chi connectivity index (χ0n) is 8.26. The minimum Gasteiger partial charge on any atom is -0.329 e. The minimum atomic E-state index is -0.242. The van der Waals surface area contributed by atoms with Crippen LogP contribution in [0, 0.1) is 5.41 Å². The molecule has 0 saturated carbocycles. The molecular formula is C10H15NOS. The molecule has 0 aliphatic carbocycles. The molecule has 0 aromatic rings. The van der Waals surface area contributed by atoms with Crippen LogP contribution in [0.4, 0.5) is 0 Å². The summed E-state index contributed by atoms with van der Waals surface area (Å²) in [6.07, 6.45) is 4.40. The smallest absolute Gasteiger partial charge is 0.144 e. The lowest BCUT2D eigenvalue weighted by atomic mass is 9.88. The highest BCUT2D eigenvalue weighted by molar-refractivity contribution is 8.00. The number of allylic oxidation sites excluding steroid dienone is 3. The first-order valence-electron chi connectivity index (χ1n) is 4.31. The van der Waals surface area contributed by atoms with Crippen LogP contribution in [-0.2, 0) is 4.79 Å². The Labute approximate surface area is 83.6 Å². The molecule has 72 valence electrons. The number of hydrogen-bond acceptors (Lipinski definition) is 3. The van der Waals surface area contributed by atoms with Gasteiger partial charge in [0.1, 0.15) is 5.78 Å². The Morgan fingerprint density at radius 3 is 2.69 bits per heavy atom. The van der Waals surface area contributed by atoms with E-state index in [1.165, 1.54) is 11.9 Å². The molecule has 0 atom stereocenters. The number of ketones is 1. The first-order chi connectivity index (χ1) is 6.00. The van der Waals surface area contributed by atoms with Gasteiger partial charge in [0.05, 0.1) is 0 Å². The highest BCUT2D eigenvalue weighted by Crippen LogP contribution is 2.21. The molecule has 13 heavy (non-hydrogen) atoms. The number of hydrogen-bond donors (Lipinski definition) is 1. The van der Waals surface area contributed by atoms with Gasteiger partial charge in [0.2, 0.25) is 0 Å². The molecule has 3 heteroatoms. The van der Waals surface area contributed by atoms with Crippen LogP contribution >= 0.6 is 11.9 Å². The Balaban J connectivity index is 2.54. The number of nitrogens with one attached hydrogen (secondary N) is 1. The summed E-state index contributed by atoms with van der Waals surface area (Å²) in [6.45, 7) is 5.84. The number of carbonyl (C=O) groups excluding carboxylic acids is 1. The zero-order valence-corrected chi connectivity index (χ0v) is 9.07. The summed E-state index contributed by atoms with van der Waals surface area (Å²) in [6, 6.07) is 0. The van der Waals surface area contributed by atoms with Crippen LogP contribution in [0.3, 0.4) is 0 Å². The predicted molar refractivity (Wildman–Crippen MR) is 57.0 cm³/mol. The van der Waals surface area contributed by atoms with Crippen molar-refractivity contribution >= 4 is 17.7 Å². The van der Waals surface area contributed by atoms with Crippen molar-refractivity contribution in [1.29, 1.82) is 0 Å². The Morgan fingerprint density at radius 1 is 1.54 bits per heavy atom. The average molecular weight is 197 g/mol. The van der Waals surface area contributed by atoms with Crippen LogP contribution in [0.2, 0.25) is 0 Å². The molecule has 0 radical (unpaired) electrons. The second-order valence-electron chi connectivity index (χ2n) is 4.09. The van der Waals surface area contributed by atoms with Crippen molar-refractivity contribution in [2.24, 2.45) is 5.41 Å². The fourth-order valence-electron chi connectivity index (χ4n) is 0.872. The minimum absolute atomic E-state index is 0.242. The van der Waals surface area contributed by atoms with Gasteiger partial charge in [0.25, 0.3) is 0 Å². The van der Waals surface area contributed by atoms with E-state index in [0.717, 1.165) is 5.70 Å². The maximum Gasteiger partial charge on any atom is 0.144 e. The average Bonchev–Trinajstić information content (AvgIpc) is 2.04. The highest BCUT2D eigenvalue weighted by Gasteiger charge is 2.21. The molecule has 0 spiro atoms. The van der Waals surface area contributed by atoms with Crippen molar-refractivity contribution < 1.29 is 4.79 Å². The Hall–Kier alpha value is -0.700. The molecule has 1 N–H and O–H groups in total. The van der Waals surface area contributed by atoms with E-state index >= 15 is 0 Å². The van der Waals surface area contributed by atoms with Gasteiger partial charge in [0, 0.05) is 17.5 Å². The molecule has 1 aliphatic heterocycles. The van der Waals surface area contributed by atoms with Gasteiger partial charge in [-0.15, -0.1) is 0 Å². The number of rotatable bonds is 2. The lowest BCUT2D eigenvalue weighted by molar-refractivity contribution is -0.125. The van der Waals surface area contributed by atoms with Gasteiger partial charge >= 0.3 is 0 Å². The monoisotopic (exact) mass is 197 g/mol. The van der Waals surface area contributed by atoms with Gasteiger partial charge in [0.15, 0.2) is 0 Å². The Kier molecular flexibility index (Phi) is 3.20. The van der Waals surface area contributed by atoms with Crippen molar-refractivity contribution in [1.82, 2.24) is 4.72 Å². The zero-order chi connectivity index (χ0) is 9.90. The molecule has 0 fully saturated rings. The van der Waals surface area contributed by atoms with Gasteiger partial charge < -0.3 is 4.72 Å². The third kappa shape index (κ3) is 3.27. The summed E-state index contributed by atoms with van der Waals surface area (Å²) in [5.74, 6) is 0.266. The maximum atomic E-state index is 11.6. The largest absolute Gasteiger partial charge is 0.329 e. The van der Waals surface area contributed by atoms with E-state index in [1.54, 1.807) is 0 Å². The molecule has 0 aromatic carbocycles. The van der Waals surface area contributed by atoms with E-state index in [4.69, 9.17) is 0 Å². The fourth-order valence-corrected chi connectivity index (χ4v) is 1.39. The summed E-state index contributed by atoms with van der Waals surface area (Å²) in [5.41, 5.74) is 0.751. The van der Waals surface area contributed by atoms with E-state index < -0.39 is 0 Å². The van der Waals surface area contributed by atoms with Crippen molar-refractivity contribution in [3.05, 3.63) is 23.3 Å². The summed E-state index contributed by atoms with van der Waals surface area (Å²) in [5, 5.41) is 1.95. The molecular weight excluding hydrogens is 182 g/mol. The number of carbonyl (C=O) groups is 1. The van der Waals surface area contributed by atoms with Crippen molar-refractivity contribution in [3.63, 3.8) is 0 Å². The van der Waals surface area contributed by atoms with Gasteiger partial charge in [-0.2, -0.15) is 0 Å². The third-order valence-corrected chi connectivity index (χ3v) is 2.49. The summed E-state index contributed by atoms with van der Waals surface area (Å²) < 4.78 is 3.09. The summed E-state index contributed by atoms with van der Waals surface area (Å²) in [4.78, 5) is 11.6. The van der Waals surface area contributed by atoms with Crippen LogP contribution in [-0.4, -0.2) is 5.78 Å². The maximum absolute atomic E-state index is 11.6. The molecule has 1 aliphatic rings. The summed E-state index contributed by atoms with van der Waals surface area (Å²) in [7, 11) is 0. The van der Waals surface area contributed by atoms with E-state index in [0.29, 0.717) is 6.42 Å². The van der Waals surface area contributed by atoms with Gasteiger partial charge in [-0.3, -0.25) is 4.79 Å². The molecule has 0 amide bonds. The van der Waals surface area contributed by atoms with Crippen molar-refractivity contribution in [2.75, 3.05) is 0 Å². The molecule has 0 saturated heterocycles. The van der Waals surface area contributed by atoms with Crippen LogP contribution in [0.15, 0.2) is 23.3 Å². The lowest BCUT2D eigenvalue weighted by Gasteiger charge is -2.18. The first kappa shape index (κ1) is 10.4. The van der Waals surface area contributed by atoms with Crippen LogP contribution in [0.5, 0.6) is 0 Å².